The first-order chi connectivity index (χ1) is 16.5. The average Bonchev–Trinajstić information content (AvgIpc) is 3.21. The molecule has 170 valence electrons. The molecular weight excluding hydrogens is 429 g/mol. The van der Waals surface area contributed by atoms with Crippen LogP contribution in [0.1, 0.15) is 29.3 Å². The topological polar surface area (TPSA) is 59.5 Å². The lowest BCUT2D eigenvalue weighted by Gasteiger charge is -2.13. The normalized spacial score (nSPS) is 11.2. The van der Waals surface area contributed by atoms with E-state index in [2.05, 4.69) is 15.8 Å². The molecule has 0 N–H and O–H groups in total. The van der Waals surface area contributed by atoms with Gasteiger partial charge in [-0.3, -0.25) is 0 Å². The van der Waals surface area contributed by atoms with E-state index >= 15 is 0 Å². The van der Waals surface area contributed by atoms with Crippen LogP contribution < -0.4 is 4.74 Å². The van der Waals surface area contributed by atoms with Gasteiger partial charge in [-0.15, -0.1) is 0 Å². The second kappa shape index (κ2) is 10.1. The van der Waals surface area contributed by atoms with E-state index in [0.29, 0.717) is 11.3 Å². The number of methoxy groups -OCH3 is 1. The highest BCUT2D eigenvalue weighted by Crippen LogP contribution is 2.31. The quantitative estimate of drug-likeness (QED) is 0.240. The summed E-state index contributed by atoms with van der Waals surface area (Å²) in [5.74, 6) is 0.456. The molecule has 0 spiro atoms. The first-order valence-electron chi connectivity index (χ1n) is 10.8. The van der Waals surface area contributed by atoms with E-state index < -0.39 is 0 Å². The van der Waals surface area contributed by atoms with Crippen molar-refractivity contribution in [1.29, 1.82) is 5.26 Å². The van der Waals surface area contributed by atoms with Gasteiger partial charge in [0.05, 0.1) is 30.1 Å². The third kappa shape index (κ3) is 4.84. The minimum Gasteiger partial charge on any atom is -0.497 e. The fraction of sp³-hybridized carbons (Fsp3) is 0.143. The highest BCUT2D eigenvalue weighted by atomic mass is 19.1. The fourth-order valence-corrected chi connectivity index (χ4v) is 3.87. The molecule has 0 aliphatic rings. The van der Waals surface area contributed by atoms with Gasteiger partial charge in [0.25, 0.3) is 0 Å². The van der Waals surface area contributed by atoms with Crippen LogP contribution in [0, 0.1) is 24.1 Å². The Morgan fingerprint density at radius 1 is 1.03 bits per heavy atom. The van der Waals surface area contributed by atoms with Crippen molar-refractivity contribution in [3.63, 3.8) is 0 Å². The molecule has 0 bridgehead atoms. The lowest BCUT2D eigenvalue weighted by Crippen LogP contribution is -2.03. The molecule has 0 aliphatic carbocycles. The van der Waals surface area contributed by atoms with Crippen LogP contribution in [0.15, 0.2) is 84.0 Å². The minimum atomic E-state index is -0.285. The molecule has 4 aromatic rings. The van der Waals surface area contributed by atoms with E-state index in [1.54, 1.807) is 31.4 Å². The van der Waals surface area contributed by atoms with Crippen LogP contribution in [0.5, 0.6) is 5.75 Å². The number of hydrogen-bond donors (Lipinski definition) is 0. The summed E-state index contributed by atoms with van der Waals surface area (Å²) in [4.78, 5) is 5.60. The molecule has 0 radical (unpaired) electrons. The zero-order valence-corrected chi connectivity index (χ0v) is 19.2. The van der Waals surface area contributed by atoms with Gasteiger partial charge in [0, 0.05) is 23.0 Å². The van der Waals surface area contributed by atoms with Gasteiger partial charge >= 0.3 is 0 Å². The molecule has 34 heavy (non-hydrogen) atoms. The van der Waals surface area contributed by atoms with E-state index in [-0.39, 0.29) is 12.4 Å². The summed E-state index contributed by atoms with van der Waals surface area (Å²) < 4.78 is 21.1. The Morgan fingerprint density at radius 3 is 2.53 bits per heavy atom. The molecule has 3 aromatic carbocycles. The molecule has 0 fully saturated rings. The van der Waals surface area contributed by atoms with Crippen molar-refractivity contribution in [2.24, 2.45) is 5.16 Å². The van der Waals surface area contributed by atoms with Crippen molar-refractivity contribution >= 4 is 5.71 Å². The summed E-state index contributed by atoms with van der Waals surface area (Å²) in [6, 6.07) is 25.6. The van der Waals surface area contributed by atoms with Gasteiger partial charge in [-0.1, -0.05) is 23.4 Å². The lowest BCUT2D eigenvalue weighted by molar-refractivity contribution is 0.130. The summed E-state index contributed by atoms with van der Waals surface area (Å²) in [5, 5.41) is 13.4. The predicted molar refractivity (Wildman–Crippen MR) is 131 cm³/mol. The number of ether oxygens (including phenoxy) is 1. The molecule has 1 heterocycles. The summed E-state index contributed by atoms with van der Waals surface area (Å²) in [7, 11) is 1.63. The van der Waals surface area contributed by atoms with Crippen LogP contribution in [-0.2, 0) is 11.4 Å². The number of hydrogen-bond acceptors (Lipinski definition) is 4. The molecular formula is C28H24FN3O2. The van der Waals surface area contributed by atoms with E-state index in [0.717, 1.165) is 39.5 Å². The molecule has 1 aromatic heterocycles. The smallest absolute Gasteiger partial charge is 0.142 e. The number of aromatic nitrogens is 1. The van der Waals surface area contributed by atoms with Crippen molar-refractivity contribution in [3.05, 3.63) is 107 Å². The third-order valence-electron chi connectivity index (χ3n) is 5.58. The van der Waals surface area contributed by atoms with Crippen molar-refractivity contribution < 1.29 is 14.0 Å². The number of rotatable bonds is 7. The van der Waals surface area contributed by atoms with Crippen LogP contribution in [0.3, 0.4) is 0 Å². The SMILES string of the molecule is COc1cccc(-n2c(-c3ccc(F)cc3)cc(/C(C)=N/OCc3cccc(C#N)c3)c2C)c1. The average molecular weight is 454 g/mol. The molecule has 4 rings (SSSR count). The Labute approximate surface area is 198 Å². The predicted octanol–water partition coefficient (Wildman–Crippen LogP) is 6.41. The van der Waals surface area contributed by atoms with Crippen LogP contribution in [0.25, 0.3) is 16.9 Å². The molecule has 0 unspecified atom stereocenters. The van der Waals surface area contributed by atoms with Crippen LogP contribution >= 0.6 is 0 Å². The zero-order valence-electron chi connectivity index (χ0n) is 19.2. The van der Waals surface area contributed by atoms with Crippen molar-refractivity contribution in [1.82, 2.24) is 4.57 Å². The zero-order chi connectivity index (χ0) is 24.1. The number of halogens is 1. The summed E-state index contributed by atoms with van der Waals surface area (Å²) in [5.41, 5.74) is 6.73. The minimum absolute atomic E-state index is 0.257. The van der Waals surface area contributed by atoms with E-state index in [4.69, 9.17) is 14.8 Å². The number of nitrogens with zero attached hydrogens (tertiary/aromatic N) is 3. The first kappa shape index (κ1) is 22.8. The lowest BCUT2D eigenvalue weighted by atomic mass is 10.1. The van der Waals surface area contributed by atoms with Gasteiger partial charge in [0.15, 0.2) is 0 Å². The first-order valence-corrected chi connectivity index (χ1v) is 10.8. The highest BCUT2D eigenvalue weighted by molar-refractivity contribution is 6.01. The fourth-order valence-electron chi connectivity index (χ4n) is 3.87. The largest absolute Gasteiger partial charge is 0.497 e. The molecule has 0 atom stereocenters. The molecule has 5 nitrogen and oxygen atoms in total. The van der Waals surface area contributed by atoms with Gasteiger partial charge in [-0.05, 0) is 79.6 Å². The van der Waals surface area contributed by atoms with Crippen molar-refractivity contribution in [3.8, 4) is 28.8 Å². The third-order valence-corrected chi connectivity index (χ3v) is 5.58. The maximum absolute atomic E-state index is 13.6. The summed E-state index contributed by atoms with van der Waals surface area (Å²) >= 11 is 0. The summed E-state index contributed by atoms with van der Waals surface area (Å²) in [6.07, 6.45) is 0. The van der Waals surface area contributed by atoms with Crippen LogP contribution in [0.2, 0.25) is 0 Å². The molecule has 0 saturated heterocycles. The Balaban J connectivity index is 1.71. The second-order valence-corrected chi connectivity index (χ2v) is 7.83. The monoisotopic (exact) mass is 453 g/mol. The van der Waals surface area contributed by atoms with Gasteiger partial charge in [-0.2, -0.15) is 5.26 Å². The maximum atomic E-state index is 13.6. The standard InChI is InChI=1S/C28H24FN3O2/c1-19(31-34-18-22-7-4-6-21(14-22)17-30)27-16-28(23-10-12-24(29)13-11-23)32(20(27)2)25-8-5-9-26(15-25)33-3/h4-16H,18H2,1-3H3/b31-19+. The van der Waals surface area contributed by atoms with E-state index in [9.17, 15) is 4.39 Å². The Bertz CT molecular complexity index is 1380. The molecule has 0 saturated carbocycles. The molecule has 0 aliphatic heterocycles. The van der Waals surface area contributed by atoms with Gasteiger partial charge < -0.3 is 14.1 Å². The highest BCUT2D eigenvalue weighted by Gasteiger charge is 2.17. The van der Waals surface area contributed by atoms with Gasteiger partial charge in [-0.25, -0.2) is 4.39 Å². The maximum Gasteiger partial charge on any atom is 0.142 e. The van der Waals surface area contributed by atoms with E-state index in [1.807, 2.05) is 56.3 Å². The number of oxime groups is 1. The van der Waals surface area contributed by atoms with Gasteiger partial charge in [0.1, 0.15) is 18.2 Å². The van der Waals surface area contributed by atoms with Crippen molar-refractivity contribution in [2.45, 2.75) is 20.5 Å². The second-order valence-electron chi connectivity index (χ2n) is 7.83. The van der Waals surface area contributed by atoms with Crippen LogP contribution in [0.4, 0.5) is 4.39 Å². The Kier molecular flexibility index (Phi) is 6.74. The van der Waals surface area contributed by atoms with E-state index in [1.165, 1.54) is 12.1 Å². The van der Waals surface area contributed by atoms with Crippen molar-refractivity contribution in [2.75, 3.05) is 7.11 Å². The number of benzene rings is 3. The summed E-state index contributed by atoms with van der Waals surface area (Å²) in [6.45, 7) is 4.16. The Hall–Kier alpha value is -4.37. The molecule has 6 heteroatoms. The van der Waals surface area contributed by atoms with Gasteiger partial charge in [0.2, 0.25) is 0 Å². The van der Waals surface area contributed by atoms with Crippen LogP contribution in [-0.4, -0.2) is 17.4 Å². The molecule has 0 amide bonds. The Morgan fingerprint density at radius 2 is 1.79 bits per heavy atom. The number of nitriles is 1.